The number of ether oxygens (including phenoxy) is 1. The second-order valence-corrected chi connectivity index (χ2v) is 8.25. The predicted octanol–water partition coefficient (Wildman–Crippen LogP) is 5.43. The fourth-order valence-electron chi connectivity index (χ4n) is 3.49. The summed E-state index contributed by atoms with van der Waals surface area (Å²) >= 11 is 0. The third-order valence-electron chi connectivity index (χ3n) is 5.15. The molecule has 5 heteroatoms. The van der Waals surface area contributed by atoms with E-state index < -0.39 is 0 Å². The average molecular weight is 427 g/mol. The Labute approximate surface area is 188 Å². The van der Waals surface area contributed by atoms with Crippen molar-refractivity contribution in [3.63, 3.8) is 0 Å². The van der Waals surface area contributed by atoms with Gasteiger partial charge >= 0.3 is 0 Å². The quantitative estimate of drug-likeness (QED) is 0.512. The Morgan fingerprint density at radius 3 is 2.12 bits per heavy atom. The minimum atomic E-state index is -0.378. The van der Waals surface area contributed by atoms with Crippen molar-refractivity contribution in [3.05, 3.63) is 95.7 Å². The van der Waals surface area contributed by atoms with Crippen molar-refractivity contribution >= 4 is 28.8 Å². The van der Waals surface area contributed by atoms with Crippen LogP contribution in [0, 0.1) is 12.8 Å². The van der Waals surface area contributed by atoms with E-state index >= 15 is 0 Å². The minimum Gasteiger partial charge on any atom is -0.493 e. The van der Waals surface area contributed by atoms with Crippen molar-refractivity contribution in [2.75, 3.05) is 16.8 Å². The highest BCUT2D eigenvalue weighted by molar-refractivity contribution is 6.46. The summed E-state index contributed by atoms with van der Waals surface area (Å²) in [6.45, 7) is 6.78. The van der Waals surface area contributed by atoms with Crippen LogP contribution in [0.1, 0.15) is 25.0 Å². The van der Waals surface area contributed by atoms with Crippen molar-refractivity contribution in [2.24, 2.45) is 5.92 Å². The molecule has 0 unspecified atom stereocenters. The Kier molecular flexibility index (Phi) is 6.08. The maximum atomic E-state index is 13.4. The number of carbonyl (C=O) groups excluding carboxylic acids is 2. The third kappa shape index (κ3) is 4.42. The number of benzene rings is 3. The molecule has 0 saturated heterocycles. The van der Waals surface area contributed by atoms with Gasteiger partial charge in [0.1, 0.15) is 11.4 Å². The van der Waals surface area contributed by atoms with Gasteiger partial charge in [-0.25, -0.2) is 4.90 Å². The molecule has 5 nitrogen and oxygen atoms in total. The summed E-state index contributed by atoms with van der Waals surface area (Å²) in [5.41, 5.74) is 3.66. The number of hydrogen-bond acceptors (Lipinski definition) is 4. The summed E-state index contributed by atoms with van der Waals surface area (Å²) in [5.74, 6) is 0.410. The highest BCUT2D eigenvalue weighted by atomic mass is 16.5. The molecule has 4 rings (SSSR count). The number of nitrogens with one attached hydrogen (secondary N) is 1. The fraction of sp³-hybridized carbons (Fsp3) is 0.185. The van der Waals surface area contributed by atoms with Crippen LogP contribution in [-0.2, 0) is 9.59 Å². The normalized spacial score (nSPS) is 13.8. The molecule has 0 aromatic heterocycles. The first-order chi connectivity index (χ1) is 15.4. The van der Waals surface area contributed by atoms with Crippen LogP contribution in [0.25, 0.3) is 5.57 Å². The molecule has 0 radical (unpaired) electrons. The number of nitrogens with zero attached hydrogens (tertiary/aromatic N) is 1. The Morgan fingerprint density at radius 1 is 0.844 bits per heavy atom. The summed E-state index contributed by atoms with van der Waals surface area (Å²) < 4.78 is 5.76. The zero-order chi connectivity index (χ0) is 22.7. The molecule has 0 aliphatic carbocycles. The van der Waals surface area contributed by atoms with Crippen molar-refractivity contribution in [1.29, 1.82) is 0 Å². The minimum absolute atomic E-state index is 0.263. The number of rotatable bonds is 7. The first-order valence-electron chi connectivity index (χ1n) is 10.7. The molecule has 1 aliphatic heterocycles. The molecule has 0 atom stereocenters. The standard InChI is InChI=1S/C27H26N2O3/c1-18(2)17-32-23-15-11-20(12-16-23)24-25(28-21-13-9-19(3)10-14-21)27(31)29(26(24)30)22-7-5-4-6-8-22/h4-16,18,28H,17H2,1-3H3. The van der Waals surface area contributed by atoms with Gasteiger partial charge in [0.25, 0.3) is 11.8 Å². The molecule has 2 amide bonds. The molecule has 0 bridgehead atoms. The van der Waals surface area contributed by atoms with E-state index in [4.69, 9.17) is 4.74 Å². The van der Waals surface area contributed by atoms with Gasteiger partial charge in [0.2, 0.25) is 0 Å². The predicted molar refractivity (Wildman–Crippen MR) is 127 cm³/mol. The van der Waals surface area contributed by atoms with Crippen molar-refractivity contribution in [1.82, 2.24) is 0 Å². The first-order valence-corrected chi connectivity index (χ1v) is 10.7. The van der Waals surface area contributed by atoms with E-state index in [1.165, 1.54) is 4.90 Å². The Bertz CT molecular complexity index is 1150. The van der Waals surface area contributed by atoms with E-state index in [1.807, 2.05) is 73.7 Å². The van der Waals surface area contributed by atoms with Gasteiger partial charge in [0.05, 0.1) is 17.9 Å². The number of anilines is 2. The number of hydrogen-bond donors (Lipinski definition) is 1. The van der Waals surface area contributed by atoms with Gasteiger partial charge in [-0.3, -0.25) is 9.59 Å². The van der Waals surface area contributed by atoms with E-state index in [-0.39, 0.29) is 17.5 Å². The highest BCUT2D eigenvalue weighted by Crippen LogP contribution is 2.34. The monoisotopic (exact) mass is 426 g/mol. The van der Waals surface area contributed by atoms with E-state index in [0.717, 1.165) is 17.0 Å². The van der Waals surface area contributed by atoms with Crippen LogP contribution < -0.4 is 15.0 Å². The zero-order valence-corrected chi connectivity index (χ0v) is 18.5. The number of para-hydroxylation sites is 1. The lowest BCUT2D eigenvalue weighted by molar-refractivity contribution is -0.120. The summed E-state index contributed by atoms with van der Waals surface area (Å²) in [6, 6.07) is 24.0. The summed E-state index contributed by atoms with van der Waals surface area (Å²) in [6.07, 6.45) is 0. The van der Waals surface area contributed by atoms with Gasteiger partial charge in [-0.2, -0.15) is 0 Å². The maximum absolute atomic E-state index is 13.4. The Balaban J connectivity index is 1.72. The van der Waals surface area contributed by atoms with Gasteiger partial charge < -0.3 is 10.1 Å². The summed E-state index contributed by atoms with van der Waals surface area (Å²) in [4.78, 5) is 28.0. The lowest BCUT2D eigenvalue weighted by Gasteiger charge is -2.15. The van der Waals surface area contributed by atoms with Gasteiger partial charge in [-0.05, 0) is 54.8 Å². The van der Waals surface area contributed by atoms with Crippen LogP contribution in [0.5, 0.6) is 5.75 Å². The molecular weight excluding hydrogens is 400 g/mol. The van der Waals surface area contributed by atoms with Crippen LogP contribution in [0.4, 0.5) is 11.4 Å². The van der Waals surface area contributed by atoms with Crippen LogP contribution in [0.2, 0.25) is 0 Å². The summed E-state index contributed by atoms with van der Waals surface area (Å²) in [5, 5.41) is 3.19. The lowest BCUT2D eigenvalue weighted by Crippen LogP contribution is -2.32. The van der Waals surface area contributed by atoms with E-state index in [2.05, 4.69) is 19.2 Å². The number of carbonyl (C=O) groups is 2. The van der Waals surface area contributed by atoms with E-state index in [0.29, 0.717) is 29.3 Å². The number of imide groups is 1. The smallest absolute Gasteiger partial charge is 0.282 e. The molecule has 1 aliphatic rings. The molecule has 1 N–H and O–H groups in total. The number of aryl methyl sites for hydroxylation is 1. The Morgan fingerprint density at radius 2 is 1.50 bits per heavy atom. The van der Waals surface area contributed by atoms with Crippen LogP contribution in [0.15, 0.2) is 84.6 Å². The largest absolute Gasteiger partial charge is 0.493 e. The molecular formula is C27H26N2O3. The van der Waals surface area contributed by atoms with Crippen LogP contribution in [0.3, 0.4) is 0 Å². The zero-order valence-electron chi connectivity index (χ0n) is 18.5. The molecule has 32 heavy (non-hydrogen) atoms. The van der Waals surface area contributed by atoms with Gasteiger partial charge in [-0.1, -0.05) is 61.9 Å². The first kappa shape index (κ1) is 21.4. The maximum Gasteiger partial charge on any atom is 0.282 e. The second-order valence-electron chi connectivity index (χ2n) is 8.25. The topological polar surface area (TPSA) is 58.6 Å². The molecule has 0 spiro atoms. The molecule has 0 saturated carbocycles. The molecule has 3 aromatic rings. The second kappa shape index (κ2) is 9.10. The molecule has 1 heterocycles. The average Bonchev–Trinajstić information content (AvgIpc) is 3.04. The molecule has 0 fully saturated rings. The van der Waals surface area contributed by atoms with Gasteiger partial charge in [0, 0.05) is 5.69 Å². The Hall–Kier alpha value is -3.86. The van der Waals surface area contributed by atoms with Gasteiger partial charge in [-0.15, -0.1) is 0 Å². The van der Waals surface area contributed by atoms with E-state index in [9.17, 15) is 9.59 Å². The SMILES string of the molecule is Cc1ccc(NC2=C(c3ccc(OCC(C)C)cc3)C(=O)N(c3ccccc3)C2=O)cc1. The fourth-order valence-corrected chi connectivity index (χ4v) is 3.49. The molecule has 3 aromatic carbocycles. The number of amides is 2. The van der Waals surface area contributed by atoms with Crippen LogP contribution in [-0.4, -0.2) is 18.4 Å². The van der Waals surface area contributed by atoms with Crippen LogP contribution >= 0.6 is 0 Å². The lowest BCUT2D eigenvalue weighted by atomic mass is 10.0. The van der Waals surface area contributed by atoms with Crippen molar-refractivity contribution in [2.45, 2.75) is 20.8 Å². The van der Waals surface area contributed by atoms with Gasteiger partial charge in [0.15, 0.2) is 0 Å². The van der Waals surface area contributed by atoms with Crippen molar-refractivity contribution < 1.29 is 14.3 Å². The summed E-state index contributed by atoms with van der Waals surface area (Å²) in [7, 11) is 0. The highest BCUT2D eigenvalue weighted by Gasteiger charge is 2.40. The molecule has 162 valence electrons. The third-order valence-corrected chi connectivity index (χ3v) is 5.15. The van der Waals surface area contributed by atoms with Crippen molar-refractivity contribution in [3.8, 4) is 5.75 Å². The van der Waals surface area contributed by atoms with E-state index in [1.54, 1.807) is 12.1 Å².